The van der Waals surface area contributed by atoms with Gasteiger partial charge in [-0.2, -0.15) is 22.2 Å². The summed E-state index contributed by atoms with van der Waals surface area (Å²) in [4.78, 5) is 0. The number of rotatable bonds is 6. The molecule has 18 heavy (non-hydrogen) atoms. The van der Waals surface area contributed by atoms with Crippen LogP contribution < -0.4 is 10.4 Å². The first kappa shape index (κ1) is 16.3. The van der Waals surface area contributed by atoms with Crippen LogP contribution in [0.25, 0.3) is 0 Å². The normalized spacial score (nSPS) is 12.8. The third-order valence-electron chi connectivity index (χ3n) is 4.16. The van der Waals surface area contributed by atoms with Gasteiger partial charge in [0.1, 0.15) is 0 Å². The van der Waals surface area contributed by atoms with Gasteiger partial charge in [-0.15, -0.1) is 0 Å². The van der Waals surface area contributed by atoms with Crippen LogP contribution >= 0.6 is 22.2 Å². The molecule has 0 aromatic heterocycles. The molecule has 0 fully saturated rings. The van der Waals surface area contributed by atoms with Crippen LogP contribution in [0.1, 0.15) is 27.7 Å². The van der Waals surface area contributed by atoms with Crippen molar-refractivity contribution in [3.8, 4) is 0 Å². The van der Waals surface area contributed by atoms with Gasteiger partial charge in [-0.25, -0.2) is 0 Å². The predicted octanol–water partition coefficient (Wildman–Crippen LogP) is 4.55. The standard InChI is InChI=1S/C14H24Cl2Si2/c1-5-17(15,6-2)13-9-11-14(12-10-13)18(16,7-3)8-4/h9-12H,5-8H2,1-4H3. The minimum absolute atomic E-state index is 1.09. The summed E-state index contributed by atoms with van der Waals surface area (Å²) < 4.78 is 0. The Balaban J connectivity index is 3.06. The summed E-state index contributed by atoms with van der Waals surface area (Å²) in [5.74, 6) is 0. The molecule has 0 amide bonds. The largest absolute Gasteiger partial charge is 0.186 e. The number of hydrogen-bond donors (Lipinski definition) is 0. The van der Waals surface area contributed by atoms with Gasteiger partial charge in [-0.05, 0) is 34.5 Å². The highest BCUT2D eigenvalue weighted by Gasteiger charge is 2.31. The highest BCUT2D eigenvalue weighted by molar-refractivity contribution is 7.28. The Kier molecular flexibility index (Phi) is 5.97. The van der Waals surface area contributed by atoms with Gasteiger partial charge in [0.2, 0.25) is 0 Å². The molecule has 0 N–H and O–H groups in total. The second-order valence-corrected chi connectivity index (χ2v) is 17.1. The molecule has 0 bridgehead atoms. The van der Waals surface area contributed by atoms with Crippen LogP contribution in [0.5, 0.6) is 0 Å². The van der Waals surface area contributed by atoms with Crippen LogP contribution in [-0.2, 0) is 0 Å². The van der Waals surface area contributed by atoms with E-state index in [-0.39, 0.29) is 0 Å². The number of hydrogen-bond acceptors (Lipinski definition) is 0. The number of benzene rings is 1. The monoisotopic (exact) mass is 318 g/mol. The summed E-state index contributed by atoms with van der Waals surface area (Å²) >= 11 is 13.6. The van der Waals surface area contributed by atoms with E-state index in [1.54, 1.807) is 0 Å². The van der Waals surface area contributed by atoms with E-state index in [0.29, 0.717) is 0 Å². The summed E-state index contributed by atoms with van der Waals surface area (Å²) in [7, 11) is -3.46. The summed E-state index contributed by atoms with van der Waals surface area (Å²) in [5.41, 5.74) is 0. The van der Waals surface area contributed by atoms with Crippen LogP contribution in [0.2, 0.25) is 24.2 Å². The molecular formula is C14H24Cl2Si2. The molecule has 0 aliphatic heterocycles. The lowest BCUT2D eigenvalue weighted by Gasteiger charge is -2.25. The van der Waals surface area contributed by atoms with Gasteiger partial charge in [0.15, 0.2) is 14.8 Å². The number of halogens is 2. The molecule has 0 aliphatic rings. The van der Waals surface area contributed by atoms with E-state index in [0.717, 1.165) is 24.2 Å². The molecule has 0 radical (unpaired) electrons. The van der Waals surface area contributed by atoms with E-state index in [1.165, 1.54) is 10.4 Å². The zero-order chi connectivity index (χ0) is 13.8. The van der Waals surface area contributed by atoms with Crippen molar-refractivity contribution in [3.63, 3.8) is 0 Å². The minimum Gasteiger partial charge on any atom is -0.161 e. The maximum atomic E-state index is 6.79. The first-order valence-electron chi connectivity index (χ1n) is 6.94. The molecule has 0 saturated carbocycles. The van der Waals surface area contributed by atoms with Crippen molar-refractivity contribution >= 4 is 47.3 Å². The van der Waals surface area contributed by atoms with Crippen molar-refractivity contribution in [1.29, 1.82) is 0 Å². The van der Waals surface area contributed by atoms with Gasteiger partial charge < -0.3 is 0 Å². The Morgan fingerprint density at radius 2 is 0.889 bits per heavy atom. The Morgan fingerprint density at radius 3 is 1.06 bits per heavy atom. The minimum atomic E-state index is -1.73. The summed E-state index contributed by atoms with van der Waals surface area (Å²) in [6.07, 6.45) is 0. The lowest BCUT2D eigenvalue weighted by molar-refractivity contribution is 1.31. The molecule has 0 saturated heterocycles. The highest BCUT2D eigenvalue weighted by atomic mass is 35.6. The van der Waals surface area contributed by atoms with Crippen molar-refractivity contribution in [1.82, 2.24) is 0 Å². The summed E-state index contributed by atoms with van der Waals surface area (Å²) in [6, 6.07) is 13.3. The average Bonchev–Trinajstić information content (AvgIpc) is 2.45. The molecule has 102 valence electrons. The van der Waals surface area contributed by atoms with Crippen LogP contribution in [0.15, 0.2) is 24.3 Å². The van der Waals surface area contributed by atoms with E-state index in [1.807, 2.05) is 0 Å². The Hall–Kier alpha value is 0.234. The molecule has 0 heterocycles. The Labute approximate surface area is 123 Å². The van der Waals surface area contributed by atoms with E-state index >= 15 is 0 Å². The van der Waals surface area contributed by atoms with Gasteiger partial charge in [-0.1, -0.05) is 52.0 Å². The molecule has 4 heteroatoms. The van der Waals surface area contributed by atoms with E-state index in [9.17, 15) is 0 Å². The lowest BCUT2D eigenvalue weighted by atomic mass is 10.4. The SMILES string of the molecule is CC[Si](Cl)(CC)c1ccc([Si](Cl)(CC)CC)cc1. The van der Waals surface area contributed by atoms with E-state index in [2.05, 4.69) is 52.0 Å². The molecule has 0 aliphatic carbocycles. The van der Waals surface area contributed by atoms with Crippen molar-refractivity contribution < 1.29 is 0 Å². The average molecular weight is 319 g/mol. The van der Waals surface area contributed by atoms with E-state index in [4.69, 9.17) is 22.2 Å². The molecule has 1 aromatic rings. The van der Waals surface area contributed by atoms with E-state index < -0.39 is 14.8 Å². The van der Waals surface area contributed by atoms with Gasteiger partial charge in [0.05, 0.1) is 0 Å². The molecule has 0 atom stereocenters. The second-order valence-electron chi connectivity index (χ2n) is 4.92. The highest BCUT2D eigenvalue weighted by Crippen LogP contribution is 2.22. The summed E-state index contributed by atoms with van der Waals surface area (Å²) in [5, 5.41) is 2.72. The Morgan fingerprint density at radius 1 is 0.667 bits per heavy atom. The fourth-order valence-electron chi connectivity index (χ4n) is 2.38. The van der Waals surface area contributed by atoms with Crippen molar-refractivity contribution in [3.05, 3.63) is 24.3 Å². The first-order chi connectivity index (χ1) is 8.45. The Bertz CT molecular complexity index is 331. The second kappa shape index (κ2) is 6.60. The molecule has 1 aromatic carbocycles. The first-order valence-corrected chi connectivity index (χ1v) is 13.8. The molecule has 0 nitrogen and oxygen atoms in total. The van der Waals surface area contributed by atoms with Crippen molar-refractivity contribution in [2.24, 2.45) is 0 Å². The molecule has 0 unspecified atom stereocenters. The van der Waals surface area contributed by atoms with Gasteiger partial charge in [-0.3, -0.25) is 0 Å². The van der Waals surface area contributed by atoms with Crippen LogP contribution in [0.4, 0.5) is 0 Å². The third-order valence-corrected chi connectivity index (χ3v) is 15.9. The zero-order valence-electron chi connectivity index (χ0n) is 11.9. The van der Waals surface area contributed by atoms with Crippen LogP contribution in [0, 0.1) is 0 Å². The quantitative estimate of drug-likeness (QED) is 0.533. The maximum absolute atomic E-state index is 6.79. The molecule has 1 rings (SSSR count). The fourth-order valence-corrected chi connectivity index (χ4v) is 7.30. The smallest absolute Gasteiger partial charge is 0.161 e. The maximum Gasteiger partial charge on any atom is 0.186 e. The fraction of sp³-hybridized carbons (Fsp3) is 0.571. The predicted molar refractivity (Wildman–Crippen MR) is 90.8 cm³/mol. The molecular weight excluding hydrogens is 295 g/mol. The van der Waals surface area contributed by atoms with Gasteiger partial charge in [0.25, 0.3) is 0 Å². The topological polar surface area (TPSA) is 0 Å². The van der Waals surface area contributed by atoms with Crippen molar-refractivity contribution in [2.45, 2.75) is 51.9 Å². The summed E-state index contributed by atoms with van der Waals surface area (Å²) in [6.45, 7) is 8.81. The van der Waals surface area contributed by atoms with Crippen LogP contribution in [-0.4, -0.2) is 14.8 Å². The lowest BCUT2D eigenvalue weighted by Crippen LogP contribution is -2.44. The van der Waals surface area contributed by atoms with Gasteiger partial charge >= 0.3 is 0 Å². The van der Waals surface area contributed by atoms with Gasteiger partial charge in [0, 0.05) is 0 Å². The van der Waals surface area contributed by atoms with Crippen molar-refractivity contribution in [2.75, 3.05) is 0 Å². The third kappa shape index (κ3) is 3.21. The van der Waals surface area contributed by atoms with Crippen LogP contribution in [0.3, 0.4) is 0 Å². The zero-order valence-corrected chi connectivity index (χ0v) is 15.4. The molecule has 0 spiro atoms.